The molecule has 2 saturated heterocycles. The summed E-state index contributed by atoms with van der Waals surface area (Å²) in [6.07, 6.45) is 2.95. The van der Waals surface area contributed by atoms with Crippen LogP contribution in [-0.2, 0) is 4.79 Å². The molecule has 0 aromatic heterocycles. The molecule has 0 aliphatic carbocycles. The Morgan fingerprint density at radius 1 is 1.09 bits per heavy atom. The summed E-state index contributed by atoms with van der Waals surface area (Å²) in [4.78, 5) is 17.2. The molecular weight excluding hydrogens is 291 g/mol. The number of carbonyl (C=O) groups is 1. The van der Waals surface area contributed by atoms with Gasteiger partial charge in [-0.15, -0.1) is 0 Å². The molecule has 3 rings (SSSR count). The van der Waals surface area contributed by atoms with E-state index < -0.39 is 0 Å². The van der Waals surface area contributed by atoms with Crippen LogP contribution in [0.25, 0.3) is 0 Å². The van der Waals surface area contributed by atoms with Gasteiger partial charge in [0, 0.05) is 31.0 Å². The molecule has 0 spiro atoms. The molecule has 4 heteroatoms. The Morgan fingerprint density at radius 2 is 1.74 bits per heavy atom. The van der Waals surface area contributed by atoms with Gasteiger partial charge in [0.05, 0.1) is 0 Å². The smallest absolute Gasteiger partial charge is 0.225 e. The minimum absolute atomic E-state index is 0.192. The number of nitrogens with zero attached hydrogens (tertiary/aromatic N) is 2. The summed E-state index contributed by atoms with van der Waals surface area (Å²) in [7, 11) is 0. The molecule has 0 bridgehead atoms. The summed E-state index contributed by atoms with van der Waals surface area (Å²) in [5, 5.41) is 0. The zero-order chi connectivity index (χ0) is 16.4. The van der Waals surface area contributed by atoms with E-state index >= 15 is 0 Å². The minimum Gasteiger partial charge on any atom is -0.342 e. The van der Waals surface area contributed by atoms with Crippen molar-refractivity contribution in [3.05, 3.63) is 35.6 Å². The van der Waals surface area contributed by atoms with Gasteiger partial charge in [-0.2, -0.15) is 0 Å². The van der Waals surface area contributed by atoms with Crippen LogP contribution in [0.3, 0.4) is 0 Å². The highest BCUT2D eigenvalue weighted by molar-refractivity contribution is 5.79. The summed E-state index contributed by atoms with van der Waals surface area (Å²) < 4.78 is 13.0. The molecule has 2 aliphatic rings. The van der Waals surface area contributed by atoms with E-state index in [2.05, 4.69) is 18.7 Å². The van der Waals surface area contributed by atoms with E-state index in [1.807, 2.05) is 17.0 Å². The van der Waals surface area contributed by atoms with E-state index in [9.17, 15) is 9.18 Å². The number of hydrogen-bond donors (Lipinski definition) is 0. The fourth-order valence-electron chi connectivity index (χ4n) is 3.89. The van der Waals surface area contributed by atoms with E-state index in [1.54, 1.807) is 0 Å². The van der Waals surface area contributed by atoms with Gasteiger partial charge < -0.3 is 9.80 Å². The quantitative estimate of drug-likeness (QED) is 0.854. The van der Waals surface area contributed by atoms with Crippen LogP contribution in [0, 0.1) is 11.7 Å². The third-order valence-corrected chi connectivity index (χ3v) is 5.45. The van der Waals surface area contributed by atoms with E-state index in [-0.39, 0.29) is 11.7 Å². The average Bonchev–Trinajstić information content (AvgIpc) is 3.05. The Balaban J connectivity index is 1.54. The van der Waals surface area contributed by atoms with Crippen LogP contribution in [0.4, 0.5) is 4.39 Å². The zero-order valence-corrected chi connectivity index (χ0v) is 14.2. The lowest BCUT2D eigenvalue weighted by atomic mass is 9.94. The number of amides is 1. The van der Waals surface area contributed by atoms with Gasteiger partial charge in [0.25, 0.3) is 0 Å². The first-order valence-corrected chi connectivity index (χ1v) is 8.83. The van der Waals surface area contributed by atoms with Gasteiger partial charge in [-0.25, -0.2) is 4.39 Å². The van der Waals surface area contributed by atoms with Crippen molar-refractivity contribution >= 4 is 5.91 Å². The van der Waals surface area contributed by atoms with Gasteiger partial charge in [0.1, 0.15) is 5.82 Å². The van der Waals surface area contributed by atoms with Crippen LogP contribution in [0.1, 0.15) is 44.6 Å². The van der Waals surface area contributed by atoms with Crippen LogP contribution < -0.4 is 0 Å². The second-order valence-corrected chi connectivity index (χ2v) is 7.23. The van der Waals surface area contributed by atoms with Gasteiger partial charge in [0.15, 0.2) is 0 Å². The molecule has 0 radical (unpaired) electrons. The van der Waals surface area contributed by atoms with Crippen molar-refractivity contribution in [1.82, 2.24) is 9.80 Å². The van der Waals surface area contributed by atoms with Crippen LogP contribution in [0.5, 0.6) is 0 Å². The molecule has 1 aromatic carbocycles. The Labute approximate surface area is 138 Å². The molecule has 0 saturated carbocycles. The Hall–Kier alpha value is -1.42. The van der Waals surface area contributed by atoms with Crippen LogP contribution in [-0.4, -0.2) is 47.9 Å². The molecule has 23 heavy (non-hydrogen) atoms. The lowest BCUT2D eigenvalue weighted by Gasteiger charge is -2.35. The molecule has 0 N–H and O–H groups in total. The number of likely N-dealkylation sites (tertiary alicyclic amines) is 2. The third kappa shape index (κ3) is 3.74. The number of halogens is 1. The number of rotatable bonds is 3. The maximum absolute atomic E-state index is 13.0. The lowest BCUT2D eigenvalue weighted by Crippen LogP contribution is -2.43. The van der Waals surface area contributed by atoms with Crippen molar-refractivity contribution in [3.8, 4) is 0 Å². The SMILES string of the molecule is CC(C)N1CCC(C(=O)N2CC[C@@H](c3ccc(F)cc3)C2)CC1. The Kier molecular flexibility index (Phi) is 5.00. The van der Waals surface area contributed by atoms with Crippen molar-refractivity contribution in [2.24, 2.45) is 5.92 Å². The second kappa shape index (κ2) is 7.00. The summed E-state index contributed by atoms with van der Waals surface area (Å²) in [6, 6.07) is 7.31. The summed E-state index contributed by atoms with van der Waals surface area (Å²) in [5.74, 6) is 0.682. The van der Waals surface area contributed by atoms with Crippen LogP contribution >= 0.6 is 0 Å². The summed E-state index contributed by atoms with van der Waals surface area (Å²) in [5.41, 5.74) is 1.15. The molecule has 3 nitrogen and oxygen atoms in total. The molecule has 1 amide bonds. The van der Waals surface area contributed by atoms with E-state index in [0.29, 0.717) is 17.9 Å². The molecule has 126 valence electrons. The Morgan fingerprint density at radius 3 is 2.35 bits per heavy atom. The van der Waals surface area contributed by atoms with E-state index in [1.165, 1.54) is 12.1 Å². The highest BCUT2D eigenvalue weighted by Gasteiger charge is 2.33. The van der Waals surface area contributed by atoms with Gasteiger partial charge in [-0.05, 0) is 63.9 Å². The van der Waals surface area contributed by atoms with Crippen LogP contribution in [0.2, 0.25) is 0 Å². The van der Waals surface area contributed by atoms with Crippen molar-refractivity contribution < 1.29 is 9.18 Å². The zero-order valence-electron chi connectivity index (χ0n) is 14.2. The maximum atomic E-state index is 13.0. The molecule has 1 atom stereocenters. The predicted octanol–water partition coefficient (Wildman–Crippen LogP) is 3.26. The number of benzene rings is 1. The highest BCUT2D eigenvalue weighted by atomic mass is 19.1. The Bertz CT molecular complexity index is 535. The third-order valence-electron chi connectivity index (χ3n) is 5.45. The first-order chi connectivity index (χ1) is 11.0. The molecule has 1 aromatic rings. The van der Waals surface area contributed by atoms with Crippen LogP contribution in [0.15, 0.2) is 24.3 Å². The standard InChI is InChI=1S/C19H27FN2O/c1-14(2)21-10-7-16(8-11-21)19(23)22-12-9-17(13-22)15-3-5-18(20)6-4-15/h3-6,14,16-17H,7-13H2,1-2H3/t17-/m1/s1. The van der Waals surface area contributed by atoms with Gasteiger partial charge in [-0.1, -0.05) is 12.1 Å². The van der Waals surface area contributed by atoms with Gasteiger partial charge >= 0.3 is 0 Å². The van der Waals surface area contributed by atoms with Crippen molar-refractivity contribution in [2.45, 2.75) is 45.1 Å². The number of carbonyl (C=O) groups excluding carboxylic acids is 1. The maximum Gasteiger partial charge on any atom is 0.225 e. The van der Waals surface area contributed by atoms with E-state index in [0.717, 1.165) is 51.0 Å². The number of piperidine rings is 1. The summed E-state index contributed by atoms with van der Waals surface area (Å²) in [6.45, 7) is 8.12. The van der Waals surface area contributed by atoms with Crippen molar-refractivity contribution in [1.29, 1.82) is 0 Å². The largest absolute Gasteiger partial charge is 0.342 e. The lowest BCUT2D eigenvalue weighted by molar-refractivity contribution is -0.136. The summed E-state index contributed by atoms with van der Waals surface area (Å²) >= 11 is 0. The van der Waals surface area contributed by atoms with E-state index in [4.69, 9.17) is 0 Å². The normalized spacial score (nSPS) is 23.7. The van der Waals surface area contributed by atoms with Gasteiger partial charge in [0.2, 0.25) is 5.91 Å². The van der Waals surface area contributed by atoms with Crippen molar-refractivity contribution in [2.75, 3.05) is 26.2 Å². The molecular formula is C19H27FN2O. The minimum atomic E-state index is -0.198. The highest BCUT2D eigenvalue weighted by Crippen LogP contribution is 2.30. The molecule has 2 heterocycles. The average molecular weight is 318 g/mol. The topological polar surface area (TPSA) is 23.6 Å². The number of hydrogen-bond acceptors (Lipinski definition) is 2. The fraction of sp³-hybridized carbons (Fsp3) is 0.632. The monoisotopic (exact) mass is 318 g/mol. The van der Waals surface area contributed by atoms with Crippen molar-refractivity contribution in [3.63, 3.8) is 0 Å². The molecule has 2 aliphatic heterocycles. The second-order valence-electron chi connectivity index (χ2n) is 7.23. The molecule has 2 fully saturated rings. The van der Waals surface area contributed by atoms with Gasteiger partial charge in [-0.3, -0.25) is 4.79 Å². The molecule has 0 unspecified atom stereocenters. The first kappa shape index (κ1) is 16.4. The first-order valence-electron chi connectivity index (χ1n) is 8.83. The fourth-order valence-corrected chi connectivity index (χ4v) is 3.89. The predicted molar refractivity (Wildman–Crippen MR) is 89.8 cm³/mol.